The van der Waals surface area contributed by atoms with E-state index < -0.39 is 0 Å². The number of hydrogen-bond donors (Lipinski definition) is 0. The predicted octanol–water partition coefficient (Wildman–Crippen LogP) is 2.83. The summed E-state index contributed by atoms with van der Waals surface area (Å²) in [7, 11) is 0. The maximum Gasteiger partial charge on any atom is 0.140 e. The van der Waals surface area contributed by atoms with Gasteiger partial charge in [-0.1, -0.05) is 12.1 Å². The molecule has 13 heavy (non-hydrogen) atoms. The fraction of sp³-hybridized carbons (Fsp3) is 0.364. The summed E-state index contributed by atoms with van der Waals surface area (Å²) in [5.41, 5.74) is 2.78. The molecule has 2 aliphatic rings. The maximum absolute atomic E-state index is 11.5. The molecule has 0 saturated heterocycles. The van der Waals surface area contributed by atoms with Gasteiger partial charge in [0, 0.05) is 15.9 Å². The minimum atomic E-state index is 0.245. The average molecular weight is 284 g/mol. The zero-order chi connectivity index (χ0) is 9.00. The molecule has 1 fully saturated rings. The van der Waals surface area contributed by atoms with Crippen LogP contribution in [0.4, 0.5) is 0 Å². The third kappa shape index (κ3) is 0.951. The van der Waals surface area contributed by atoms with Crippen molar-refractivity contribution in [3.05, 3.63) is 32.9 Å². The molecule has 0 heterocycles. The molecule has 2 atom stereocenters. The number of carbonyl (C=O) groups is 1. The van der Waals surface area contributed by atoms with Gasteiger partial charge in [0.2, 0.25) is 0 Å². The summed E-state index contributed by atoms with van der Waals surface area (Å²) < 4.78 is 1.34. The SMILES string of the molecule is O=C1C[C@H]2C[C@@H]1c1cccc(I)c12. The fourth-order valence-electron chi connectivity index (χ4n) is 2.69. The van der Waals surface area contributed by atoms with Gasteiger partial charge in [-0.2, -0.15) is 0 Å². The van der Waals surface area contributed by atoms with Crippen molar-refractivity contribution in [3.8, 4) is 0 Å². The zero-order valence-corrected chi connectivity index (χ0v) is 9.24. The van der Waals surface area contributed by atoms with Gasteiger partial charge in [0.15, 0.2) is 0 Å². The molecule has 0 unspecified atom stereocenters. The van der Waals surface area contributed by atoms with E-state index in [1.807, 2.05) is 0 Å². The van der Waals surface area contributed by atoms with Gasteiger partial charge >= 0.3 is 0 Å². The molecule has 66 valence electrons. The molecular weight excluding hydrogens is 275 g/mol. The van der Waals surface area contributed by atoms with Crippen molar-refractivity contribution in [2.24, 2.45) is 0 Å². The number of halogens is 1. The summed E-state index contributed by atoms with van der Waals surface area (Å²) in [6, 6.07) is 6.33. The Bertz CT molecular complexity index is 397. The number of fused-ring (bicyclic) bond motifs is 5. The molecule has 0 N–H and O–H groups in total. The number of ketones is 1. The molecule has 1 aromatic carbocycles. The van der Waals surface area contributed by atoms with E-state index in [1.54, 1.807) is 0 Å². The van der Waals surface area contributed by atoms with Crippen molar-refractivity contribution >= 4 is 28.4 Å². The minimum absolute atomic E-state index is 0.245. The second-order valence-corrected chi connectivity index (χ2v) is 5.06. The lowest BCUT2D eigenvalue weighted by Crippen LogP contribution is -2.09. The van der Waals surface area contributed by atoms with Crippen LogP contribution in [-0.2, 0) is 4.79 Å². The molecule has 1 nitrogen and oxygen atoms in total. The third-order valence-corrected chi connectivity index (χ3v) is 4.17. The number of benzene rings is 1. The van der Waals surface area contributed by atoms with Gasteiger partial charge < -0.3 is 0 Å². The summed E-state index contributed by atoms with van der Waals surface area (Å²) in [5.74, 6) is 1.25. The van der Waals surface area contributed by atoms with Crippen LogP contribution in [0, 0.1) is 3.57 Å². The molecule has 3 rings (SSSR count). The van der Waals surface area contributed by atoms with Gasteiger partial charge in [-0.3, -0.25) is 4.79 Å². The van der Waals surface area contributed by atoms with Crippen LogP contribution >= 0.6 is 22.6 Å². The van der Waals surface area contributed by atoms with Crippen LogP contribution in [0.5, 0.6) is 0 Å². The highest BCUT2D eigenvalue weighted by atomic mass is 127. The molecule has 1 aromatic rings. The van der Waals surface area contributed by atoms with Crippen LogP contribution in [-0.4, -0.2) is 5.78 Å². The Morgan fingerprint density at radius 2 is 2.23 bits per heavy atom. The van der Waals surface area contributed by atoms with Crippen LogP contribution in [0.1, 0.15) is 35.8 Å². The maximum atomic E-state index is 11.5. The highest BCUT2D eigenvalue weighted by molar-refractivity contribution is 14.1. The van der Waals surface area contributed by atoms with E-state index in [1.165, 1.54) is 14.7 Å². The van der Waals surface area contributed by atoms with Crippen molar-refractivity contribution in [1.29, 1.82) is 0 Å². The van der Waals surface area contributed by atoms with E-state index in [0.29, 0.717) is 11.7 Å². The Morgan fingerprint density at radius 3 is 3.08 bits per heavy atom. The van der Waals surface area contributed by atoms with Crippen molar-refractivity contribution in [2.45, 2.75) is 24.7 Å². The van der Waals surface area contributed by atoms with Gasteiger partial charge in [-0.05, 0) is 52.1 Å². The highest BCUT2D eigenvalue weighted by Crippen LogP contribution is 2.52. The largest absolute Gasteiger partial charge is 0.299 e. The van der Waals surface area contributed by atoms with Crippen molar-refractivity contribution in [2.75, 3.05) is 0 Å². The van der Waals surface area contributed by atoms with Crippen molar-refractivity contribution < 1.29 is 4.79 Å². The highest BCUT2D eigenvalue weighted by Gasteiger charge is 2.43. The number of carbonyl (C=O) groups excluding carboxylic acids is 1. The molecule has 0 spiro atoms. The Morgan fingerprint density at radius 1 is 1.38 bits per heavy atom. The van der Waals surface area contributed by atoms with E-state index in [0.717, 1.165) is 12.8 Å². The van der Waals surface area contributed by atoms with Crippen molar-refractivity contribution in [3.63, 3.8) is 0 Å². The third-order valence-electron chi connectivity index (χ3n) is 3.23. The van der Waals surface area contributed by atoms with E-state index >= 15 is 0 Å². The van der Waals surface area contributed by atoms with E-state index in [2.05, 4.69) is 40.8 Å². The molecular formula is C11H9IO. The first-order valence-corrected chi connectivity index (χ1v) is 5.66. The van der Waals surface area contributed by atoms with Crippen LogP contribution < -0.4 is 0 Å². The summed E-state index contributed by atoms with van der Waals surface area (Å²) >= 11 is 2.38. The molecule has 0 aromatic heterocycles. The lowest BCUT2D eigenvalue weighted by Gasteiger charge is -2.15. The Balaban J connectivity index is 2.26. The van der Waals surface area contributed by atoms with Crippen molar-refractivity contribution in [1.82, 2.24) is 0 Å². The first-order chi connectivity index (χ1) is 6.27. The van der Waals surface area contributed by atoms with Crippen LogP contribution in [0.25, 0.3) is 0 Å². The second kappa shape index (κ2) is 2.56. The quantitative estimate of drug-likeness (QED) is 0.669. The Kier molecular flexibility index (Phi) is 1.57. The summed E-state index contributed by atoms with van der Waals surface area (Å²) in [4.78, 5) is 11.5. The molecule has 2 bridgehead atoms. The number of hydrogen-bond acceptors (Lipinski definition) is 1. The van der Waals surface area contributed by atoms with Gasteiger partial charge in [-0.25, -0.2) is 0 Å². The fourth-order valence-corrected chi connectivity index (χ4v) is 3.65. The van der Waals surface area contributed by atoms with E-state index in [4.69, 9.17) is 0 Å². The second-order valence-electron chi connectivity index (χ2n) is 3.90. The summed E-state index contributed by atoms with van der Waals surface area (Å²) in [5, 5.41) is 0. The van der Waals surface area contributed by atoms with Crippen LogP contribution in [0.2, 0.25) is 0 Å². The van der Waals surface area contributed by atoms with Gasteiger partial charge in [-0.15, -0.1) is 0 Å². The molecule has 2 aliphatic carbocycles. The van der Waals surface area contributed by atoms with Crippen LogP contribution in [0.15, 0.2) is 18.2 Å². The van der Waals surface area contributed by atoms with Gasteiger partial charge in [0.1, 0.15) is 5.78 Å². The summed E-state index contributed by atoms with van der Waals surface area (Å²) in [6.45, 7) is 0. The van der Waals surface area contributed by atoms with E-state index in [-0.39, 0.29) is 5.92 Å². The average Bonchev–Trinajstić information content (AvgIpc) is 2.61. The topological polar surface area (TPSA) is 17.1 Å². The lowest BCUT2D eigenvalue weighted by molar-refractivity contribution is -0.118. The Hall–Kier alpha value is -0.380. The molecule has 0 radical (unpaired) electrons. The van der Waals surface area contributed by atoms with Gasteiger partial charge in [0.25, 0.3) is 0 Å². The van der Waals surface area contributed by atoms with E-state index in [9.17, 15) is 4.79 Å². The lowest BCUT2D eigenvalue weighted by atomic mass is 9.91. The first-order valence-electron chi connectivity index (χ1n) is 4.58. The number of Topliss-reactive ketones (excluding diaryl/α,β-unsaturated/α-hetero) is 1. The molecule has 0 amide bonds. The normalized spacial score (nSPS) is 29.5. The molecule has 1 saturated carbocycles. The minimum Gasteiger partial charge on any atom is -0.299 e. The first kappa shape index (κ1) is 7.97. The standard InChI is InChI=1S/C11H9IO/c12-9-3-1-2-7-8-4-6(11(7)9)5-10(8)13/h1-3,6,8H,4-5H2/t6-,8-/m1/s1. The number of rotatable bonds is 0. The predicted molar refractivity (Wildman–Crippen MR) is 58.9 cm³/mol. The van der Waals surface area contributed by atoms with Gasteiger partial charge in [0.05, 0.1) is 0 Å². The molecule has 2 heteroatoms. The zero-order valence-electron chi connectivity index (χ0n) is 7.09. The summed E-state index contributed by atoms with van der Waals surface area (Å²) in [6.07, 6.45) is 1.87. The Labute approximate surface area is 90.7 Å². The molecule has 0 aliphatic heterocycles. The monoisotopic (exact) mass is 284 g/mol. The van der Waals surface area contributed by atoms with Crippen LogP contribution in [0.3, 0.4) is 0 Å². The smallest absolute Gasteiger partial charge is 0.140 e.